The van der Waals surface area contributed by atoms with Crippen molar-refractivity contribution in [2.45, 2.75) is 51.0 Å². The zero-order valence-electron chi connectivity index (χ0n) is 12.0. The zero-order valence-corrected chi connectivity index (χ0v) is 12.0. The van der Waals surface area contributed by atoms with Crippen molar-refractivity contribution in [2.24, 2.45) is 17.8 Å². The van der Waals surface area contributed by atoms with E-state index in [-0.39, 0.29) is 0 Å². The minimum atomic E-state index is 0.462. The van der Waals surface area contributed by atoms with Gasteiger partial charge in [0.05, 0.1) is 12.3 Å². The van der Waals surface area contributed by atoms with Gasteiger partial charge in [-0.2, -0.15) is 0 Å². The highest BCUT2D eigenvalue weighted by atomic mass is 17.2. The molecule has 0 saturated heterocycles. The summed E-state index contributed by atoms with van der Waals surface area (Å²) in [5, 5.41) is 0. The maximum absolute atomic E-state index is 5.38. The molecule has 2 atom stereocenters. The molecule has 7 rings (SSSR count). The first kappa shape index (κ1) is 12.8. The summed E-state index contributed by atoms with van der Waals surface area (Å²) < 4.78 is 0. The maximum Gasteiger partial charge on any atom is 0.124 e. The monoisotopic (exact) mass is 273 g/mol. The van der Waals surface area contributed by atoms with Gasteiger partial charge in [0.25, 0.3) is 0 Å². The van der Waals surface area contributed by atoms with E-state index in [1.807, 2.05) is 0 Å². The van der Waals surface area contributed by atoms with Gasteiger partial charge in [0.15, 0.2) is 0 Å². The molecule has 0 N–H and O–H groups in total. The van der Waals surface area contributed by atoms with Crippen LogP contribution < -0.4 is 0 Å². The summed E-state index contributed by atoms with van der Waals surface area (Å²) >= 11 is 0. The first-order valence-corrected chi connectivity index (χ1v) is 8.09. The molecular formula is C17H23NO2. The fraction of sp³-hybridized carbons (Fsp3) is 0.706. The largest absolute Gasteiger partial charge is 0.258 e. The molecule has 2 saturated carbocycles. The Morgan fingerprint density at radius 2 is 1.85 bits per heavy atom. The van der Waals surface area contributed by atoms with Crippen LogP contribution in [0.25, 0.3) is 0 Å². The van der Waals surface area contributed by atoms with Gasteiger partial charge in [-0.25, -0.2) is 9.78 Å². The second kappa shape index (κ2) is 5.45. The van der Waals surface area contributed by atoms with E-state index >= 15 is 0 Å². The van der Waals surface area contributed by atoms with Gasteiger partial charge in [-0.1, -0.05) is 6.07 Å². The second-order valence-electron chi connectivity index (χ2n) is 6.76. The Morgan fingerprint density at radius 1 is 0.950 bits per heavy atom. The third-order valence-corrected chi connectivity index (χ3v) is 5.69. The van der Waals surface area contributed by atoms with Crippen LogP contribution in [-0.2, 0) is 16.4 Å². The Kier molecular flexibility index (Phi) is 3.49. The highest BCUT2D eigenvalue weighted by Gasteiger charge is 2.39. The Morgan fingerprint density at radius 3 is 2.55 bits per heavy atom. The third kappa shape index (κ3) is 2.38. The van der Waals surface area contributed by atoms with Gasteiger partial charge in [0.2, 0.25) is 0 Å². The van der Waals surface area contributed by atoms with Crippen molar-refractivity contribution in [3.63, 3.8) is 0 Å². The van der Waals surface area contributed by atoms with Gasteiger partial charge < -0.3 is 0 Å². The highest BCUT2D eigenvalue weighted by molar-refractivity contribution is 5.22. The van der Waals surface area contributed by atoms with Gasteiger partial charge in [-0.15, -0.1) is 0 Å². The van der Waals surface area contributed by atoms with Crippen molar-refractivity contribution in [3.05, 3.63) is 29.6 Å². The van der Waals surface area contributed by atoms with E-state index in [0.717, 1.165) is 30.1 Å². The summed E-state index contributed by atoms with van der Waals surface area (Å²) in [5.41, 5.74) is 2.40. The van der Waals surface area contributed by atoms with Gasteiger partial charge in [0.1, 0.15) is 6.61 Å². The van der Waals surface area contributed by atoms with Crippen molar-refractivity contribution in [1.82, 2.24) is 4.98 Å². The van der Waals surface area contributed by atoms with Gasteiger partial charge in [0, 0.05) is 6.20 Å². The highest BCUT2D eigenvalue weighted by Crippen LogP contribution is 2.50. The topological polar surface area (TPSA) is 31.4 Å². The molecule has 108 valence electrons. The molecule has 6 aliphatic rings. The lowest BCUT2D eigenvalue weighted by Gasteiger charge is -2.45. The first-order chi connectivity index (χ1) is 9.90. The quantitative estimate of drug-likeness (QED) is 0.673. The van der Waals surface area contributed by atoms with Crippen molar-refractivity contribution in [1.29, 1.82) is 0 Å². The Bertz CT molecular complexity index is 451. The van der Waals surface area contributed by atoms with Gasteiger partial charge >= 0.3 is 0 Å². The lowest BCUT2D eigenvalue weighted by Crippen LogP contribution is -2.34. The molecule has 0 spiro atoms. The Balaban J connectivity index is 1.58. The van der Waals surface area contributed by atoms with Gasteiger partial charge in [-0.3, -0.25) is 4.98 Å². The van der Waals surface area contributed by atoms with E-state index in [4.69, 9.17) is 9.78 Å². The number of pyridine rings is 1. The van der Waals surface area contributed by atoms with Crippen LogP contribution in [0.3, 0.4) is 0 Å². The smallest absolute Gasteiger partial charge is 0.124 e. The van der Waals surface area contributed by atoms with E-state index in [9.17, 15) is 0 Å². The lowest BCUT2D eigenvalue weighted by atomic mass is 9.61. The molecule has 0 aromatic carbocycles. The van der Waals surface area contributed by atoms with E-state index in [1.165, 1.54) is 44.1 Å². The molecule has 5 heterocycles. The number of hydrogen-bond acceptors (Lipinski definition) is 3. The van der Waals surface area contributed by atoms with E-state index < -0.39 is 0 Å². The molecule has 0 radical (unpaired) electrons. The van der Waals surface area contributed by atoms with Crippen molar-refractivity contribution in [2.75, 3.05) is 6.61 Å². The molecule has 1 aromatic heterocycles. The average molecular weight is 273 g/mol. The molecular weight excluding hydrogens is 250 g/mol. The summed E-state index contributed by atoms with van der Waals surface area (Å²) in [6.07, 6.45) is 10.2. The van der Waals surface area contributed by atoms with E-state index in [2.05, 4.69) is 23.3 Å². The number of aromatic nitrogens is 1. The number of hydrogen-bond donors (Lipinski definition) is 0. The normalized spacial score (nSPS) is 37.0. The molecule has 2 aliphatic carbocycles. The molecule has 2 fully saturated rings. The molecule has 0 amide bonds. The second-order valence-corrected chi connectivity index (χ2v) is 6.76. The summed E-state index contributed by atoms with van der Waals surface area (Å²) in [6.45, 7) is 1.21. The molecule has 2 unspecified atom stereocenters. The van der Waals surface area contributed by atoms with Crippen LogP contribution in [0.2, 0.25) is 0 Å². The summed E-state index contributed by atoms with van der Waals surface area (Å²) in [6, 6.07) is 4.35. The molecule has 4 bridgehead atoms. The number of nitrogens with zero attached hydrogens (tertiary/aromatic N) is 1. The zero-order chi connectivity index (χ0) is 13.4. The van der Waals surface area contributed by atoms with Crippen LogP contribution in [0.5, 0.6) is 0 Å². The fourth-order valence-electron chi connectivity index (χ4n) is 4.27. The van der Waals surface area contributed by atoms with Gasteiger partial charge in [-0.05, 0) is 73.8 Å². The average Bonchev–Trinajstić information content (AvgIpc) is 2.45. The molecule has 1 aromatic rings. The van der Waals surface area contributed by atoms with Crippen LogP contribution in [0.4, 0.5) is 0 Å². The third-order valence-electron chi connectivity index (χ3n) is 5.69. The first-order valence-electron chi connectivity index (χ1n) is 8.09. The van der Waals surface area contributed by atoms with Crippen LogP contribution in [-0.4, -0.2) is 11.6 Å². The minimum absolute atomic E-state index is 0.462. The Labute approximate surface area is 120 Å². The molecule has 3 nitrogen and oxygen atoms in total. The molecule has 20 heavy (non-hydrogen) atoms. The Hall–Kier alpha value is -0.930. The van der Waals surface area contributed by atoms with Crippen LogP contribution in [0.15, 0.2) is 18.3 Å². The maximum atomic E-state index is 5.38. The minimum Gasteiger partial charge on any atom is -0.258 e. The molecule has 3 heteroatoms. The summed E-state index contributed by atoms with van der Waals surface area (Å²) in [4.78, 5) is 15.2. The van der Waals surface area contributed by atoms with Crippen LogP contribution >= 0.6 is 0 Å². The van der Waals surface area contributed by atoms with Crippen LogP contribution in [0.1, 0.15) is 55.7 Å². The standard InChI is InChI=1S/C17H23NO2/c1-3-13-4-2-12(1)10-19-20-11-15-6-5-14(9-18-15)17-8-7-16(13)17/h5-6,9,12-13,16-17H,1-4,7-8,10-11H2. The van der Waals surface area contributed by atoms with Crippen molar-refractivity contribution >= 4 is 0 Å². The fourth-order valence-corrected chi connectivity index (χ4v) is 4.27. The molecule has 4 aliphatic heterocycles. The number of rotatable bonds is 0. The summed E-state index contributed by atoms with van der Waals surface area (Å²) in [5.74, 6) is 3.29. The van der Waals surface area contributed by atoms with E-state index in [0.29, 0.717) is 12.5 Å². The van der Waals surface area contributed by atoms with E-state index in [1.54, 1.807) is 0 Å². The predicted octanol–water partition coefficient (Wildman–Crippen LogP) is 3.84. The van der Waals surface area contributed by atoms with Crippen molar-refractivity contribution in [3.8, 4) is 0 Å². The summed E-state index contributed by atoms with van der Waals surface area (Å²) in [7, 11) is 0. The van der Waals surface area contributed by atoms with Crippen LogP contribution in [0, 0.1) is 17.8 Å². The lowest BCUT2D eigenvalue weighted by molar-refractivity contribution is -0.312. The predicted molar refractivity (Wildman–Crippen MR) is 75.9 cm³/mol. The van der Waals surface area contributed by atoms with Crippen molar-refractivity contribution < 1.29 is 9.78 Å². The SMILES string of the molecule is c1cc2ncc1C1CCC1C1CCC(CC1)COOC2.